The van der Waals surface area contributed by atoms with Crippen molar-refractivity contribution in [2.24, 2.45) is 5.92 Å². The van der Waals surface area contributed by atoms with E-state index in [2.05, 4.69) is 9.97 Å². The molecule has 2 atom stereocenters. The van der Waals surface area contributed by atoms with E-state index < -0.39 is 17.8 Å². The highest BCUT2D eigenvalue weighted by molar-refractivity contribution is 5.93. The summed E-state index contributed by atoms with van der Waals surface area (Å²) in [6.45, 7) is 4.24. The first-order valence-electron chi connectivity index (χ1n) is 6.63. The second-order valence-corrected chi connectivity index (χ2v) is 5.68. The maximum Gasteiger partial charge on any atom is 0.427 e. The largest absolute Gasteiger partial charge is 0.480 e. The molecule has 1 aliphatic rings. The Kier molecular flexibility index (Phi) is 3.91. The second-order valence-electron chi connectivity index (χ2n) is 5.68. The molecule has 1 aliphatic heterocycles. The number of carbonyl (C=O) groups excluding carboxylic acids is 1. The van der Waals surface area contributed by atoms with Crippen LogP contribution in [0.5, 0.6) is 0 Å². The molecule has 1 aromatic rings. The minimum absolute atomic E-state index is 0.0362. The van der Waals surface area contributed by atoms with Crippen LogP contribution in [0.1, 0.15) is 13.8 Å². The first kappa shape index (κ1) is 15.3. The molecule has 7 nitrogen and oxygen atoms in total. The first-order valence-corrected chi connectivity index (χ1v) is 6.63. The lowest BCUT2D eigenvalue weighted by molar-refractivity contribution is -0.140. The molecule has 0 spiro atoms. The maximum absolute atomic E-state index is 13.0. The monoisotopic (exact) mass is 297 g/mol. The SMILES string of the molecule is CC(C)C[N+]1(c2ncc(F)cn2)CC(C(=O)O)N(C)C1=O. The molecule has 114 valence electrons. The molecule has 2 amide bonds. The lowest BCUT2D eigenvalue weighted by Gasteiger charge is -2.28. The van der Waals surface area contributed by atoms with Crippen LogP contribution >= 0.6 is 0 Å². The molecule has 0 saturated carbocycles. The number of halogens is 1. The Morgan fingerprint density at radius 1 is 1.52 bits per heavy atom. The Morgan fingerprint density at radius 2 is 2.10 bits per heavy atom. The minimum Gasteiger partial charge on any atom is -0.480 e. The summed E-state index contributed by atoms with van der Waals surface area (Å²) in [5.74, 6) is -1.43. The van der Waals surface area contributed by atoms with E-state index in [1.165, 1.54) is 11.9 Å². The van der Waals surface area contributed by atoms with Gasteiger partial charge >= 0.3 is 17.9 Å². The quantitative estimate of drug-likeness (QED) is 0.841. The molecule has 0 bridgehead atoms. The summed E-state index contributed by atoms with van der Waals surface area (Å²) in [4.78, 5) is 32.9. The number of carboxylic acids is 1. The van der Waals surface area contributed by atoms with Crippen LogP contribution in [-0.4, -0.2) is 58.2 Å². The van der Waals surface area contributed by atoms with Gasteiger partial charge in [0.15, 0.2) is 11.9 Å². The average Bonchev–Trinajstić information content (AvgIpc) is 2.65. The smallest absolute Gasteiger partial charge is 0.427 e. The van der Waals surface area contributed by atoms with E-state index in [1.54, 1.807) is 0 Å². The van der Waals surface area contributed by atoms with Crippen LogP contribution < -0.4 is 4.48 Å². The summed E-state index contributed by atoms with van der Waals surface area (Å²) < 4.78 is 12.7. The Bertz CT molecular complexity index is 563. The molecule has 1 N–H and O–H groups in total. The van der Waals surface area contributed by atoms with Crippen LogP contribution in [0, 0.1) is 11.7 Å². The zero-order valence-corrected chi connectivity index (χ0v) is 12.2. The molecule has 2 heterocycles. The van der Waals surface area contributed by atoms with Crippen LogP contribution in [0.25, 0.3) is 0 Å². The van der Waals surface area contributed by atoms with Crippen molar-refractivity contribution in [3.05, 3.63) is 18.2 Å². The Morgan fingerprint density at radius 3 is 2.52 bits per heavy atom. The number of nitrogens with zero attached hydrogens (tertiary/aromatic N) is 4. The van der Waals surface area contributed by atoms with Gasteiger partial charge in [-0.2, -0.15) is 14.5 Å². The Labute approximate surface area is 121 Å². The zero-order valence-electron chi connectivity index (χ0n) is 12.2. The Hall–Kier alpha value is -2.09. The number of rotatable bonds is 4. The fourth-order valence-corrected chi connectivity index (χ4v) is 2.73. The van der Waals surface area contributed by atoms with Gasteiger partial charge in [0.1, 0.15) is 6.54 Å². The molecule has 1 fully saturated rings. The van der Waals surface area contributed by atoms with E-state index in [1.807, 2.05) is 13.8 Å². The third-order valence-corrected chi connectivity index (χ3v) is 3.57. The van der Waals surface area contributed by atoms with Crippen molar-refractivity contribution >= 4 is 17.9 Å². The first-order chi connectivity index (χ1) is 9.78. The third kappa shape index (κ3) is 2.58. The number of urea groups is 1. The number of carbonyl (C=O) groups is 2. The van der Waals surface area contributed by atoms with Crippen molar-refractivity contribution in [3.8, 4) is 0 Å². The molecule has 0 aliphatic carbocycles. The van der Waals surface area contributed by atoms with Gasteiger partial charge in [0, 0.05) is 13.0 Å². The lowest BCUT2D eigenvalue weighted by atomic mass is 10.1. The predicted octanol–water partition coefficient (Wildman–Crippen LogP) is 1.10. The van der Waals surface area contributed by atoms with E-state index >= 15 is 0 Å². The normalized spacial score (nSPS) is 25.7. The number of amides is 2. The Balaban J connectivity index is 2.50. The van der Waals surface area contributed by atoms with Gasteiger partial charge in [0.2, 0.25) is 0 Å². The summed E-state index contributed by atoms with van der Waals surface area (Å²) in [7, 11) is 1.45. The van der Waals surface area contributed by atoms with Crippen molar-refractivity contribution in [1.82, 2.24) is 19.4 Å². The summed E-state index contributed by atoms with van der Waals surface area (Å²) in [6.07, 6.45) is 1.98. The van der Waals surface area contributed by atoms with Gasteiger partial charge in [-0.25, -0.2) is 14.0 Å². The van der Waals surface area contributed by atoms with Crippen LogP contribution in [-0.2, 0) is 4.79 Å². The zero-order chi connectivity index (χ0) is 15.8. The van der Waals surface area contributed by atoms with Gasteiger partial charge in [0.05, 0.1) is 18.9 Å². The van der Waals surface area contributed by atoms with Crippen molar-refractivity contribution < 1.29 is 19.1 Å². The maximum atomic E-state index is 13.0. The number of likely N-dealkylation sites (N-methyl/N-ethyl adjacent to an activating group) is 1. The highest BCUT2D eigenvalue weighted by Gasteiger charge is 2.57. The van der Waals surface area contributed by atoms with Crippen LogP contribution in [0.15, 0.2) is 12.4 Å². The molecule has 0 radical (unpaired) electrons. The molecule has 1 saturated heterocycles. The van der Waals surface area contributed by atoms with Crippen LogP contribution in [0.2, 0.25) is 0 Å². The van der Waals surface area contributed by atoms with E-state index in [4.69, 9.17) is 0 Å². The molecule has 2 unspecified atom stereocenters. The summed E-state index contributed by atoms with van der Waals surface area (Å²) in [5.41, 5.74) is 0. The summed E-state index contributed by atoms with van der Waals surface area (Å²) in [6, 6.07) is -1.33. The van der Waals surface area contributed by atoms with E-state index in [-0.39, 0.29) is 28.9 Å². The van der Waals surface area contributed by atoms with Crippen molar-refractivity contribution in [2.45, 2.75) is 19.9 Å². The van der Waals surface area contributed by atoms with Crippen molar-refractivity contribution in [1.29, 1.82) is 0 Å². The van der Waals surface area contributed by atoms with Gasteiger partial charge in [0.25, 0.3) is 0 Å². The fourth-order valence-electron chi connectivity index (χ4n) is 2.73. The van der Waals surface area contributed by atoms with E-state index in [0.29, 0.717) is 6.54 Å². The summed E-state index contributed by atoms with van der Waals surface area (Å²) in [5, 5.41) is 9.25. The van der Waals surface area contributed by atoms with Gasteiger partial charge in [-0.15, -0.1) is 0 Å². The molecule has 1 aromatic heterocycles. The number of quaternary nitrogens is 1. The number of hydrogen-bond donors (Lipinski definition) is 1. The highest BCUT2D eigenvalue weighted by Crippen LogP contribution is 2.30. The van der Waals surface area contributed by atoms with E-state index in [0.717, 1.165) is 12.4 Å². The summed E-state index contributed by atoms with van der Waals surface area (Å²) >= 11 is 0. The topological polar surface area (TPSA) is 83.4 Å². The van der Waals surface area contributed by atoms with Gasteiger partial charge in [-0.1, -0.05) is 13.8 Å². The number of aliphatic carboxylic acids is 1. The minimum atomic E-state index is -1.07. The molecule has 2 rings (SSSR count). The highest BCUT2D eigenvalue weighted by atomic mass is 19.1. The molecule has 0 aromatic carbocycles. The number of aromatic nitrogens is 2. The average molecular weight is 297 g/mol. The molecular formula is C13H18FN4O3+. The van der Waals surface area contributed by atoms with Gasteiger partial charge < -0.3 is 5.11 Å². The van der Waals surface area contributed by atoms with Gasteiger partial charge in [-0.05, 0) is 0 Å². The molecular weight excluding hydrogens is 279 g/mol. The third-order valence-electron chi connectivity index (χ3n) is 3.57. The number of hydrogen-bond acceptors (Lipinski definition) is 4. The predicted molar refractivity (Wildman–Crippen MR) is 72.9 cm³/mol. The van der Waals surface area contributed by atoms with Crippen LogP contribution in [0.4, 0.5) is 15.1 Å². The molecule has 21 heavy (non-hydrogen) atoms. The fraction of sp³-hybridized carbons (Fsp3) is 0.538. The van der Waals surface area contributed by atoms with E-state index in [9.17, 15) is 19.1 Å². The molecule has 8 heteroatoms. The number of carboxylic acid groups (broad SMARTS) is 1. The van der Waals surface area contributed by atoms with Gasteiger partial charge in [-0.3, -0.25) is 4.90 Å². The standard InChI is InChI=1S/C13H17FN4O3/c1-8(2)6-18(12-15-4-9(14)5-16-12)7-10(11(19)20)17(3)13(18)21/h4-5,8,10H,6-7H2,1-3H3/p+1. The second kappa shape index (κ2) is 5.36. The van der Waals surface area contributed by atoms with Crippen LogP contribution in [0.3, 0.4) is 0 Å². The lowest BCUT2D eigenvalue weighted by Crippen LogP contribution is -2.55. The van der Waals surface area contributed by atoms with Crippen molar-refractivity contribution in [3.63, 3.8) is 0 Å². The van der Waals surface area contributed by atoms with Crippen molar-refractivity contribution in [2.75, 3.05) is 20.1 Å².